The molecule has 0 unspecified atom stereocenters. The molecule has 0 bridgehead atoms. The first-order chi connectivity index (χ1) is 8.26. The second-order valence-corrected chi connectivity index (χ2v) is 4.46. The van der Waals surface area contributed by atoms with Crippen molar-refractivity contribution in [2.24, 2.45) is 7.05 Å². The van der Waals surface area contributed by atoms with Crippen molar-refractivity contribution < 1.29 is 14.3 Å². The van der Waals surface area contributed by atoms with Gasteiger partial charge in [0.25, 0.3) is 0 Å². The van der Waals surface area contributed by atoms with Gasteiger partial charge >= 0.3 is 0 Å². The van der Waals surface area contributed by atoms with Gasteiger partial charge in [0.1, 0.15) is 7.05 Å². The monoisotopic (exact) mass is 234 g/mol. The summed E-state index contributed by atoms with van der Waals surface area (Å²) in [5, 5.41) is 0. The zero-order valence-corrected chi connectivity index (χ0v) is 10.8. The summed E-state index contributed by atoms with van der Waals surface area (Å²) < 4.78 is 2.05. The van der Waals surface area contributed by atoms with E-state index in [1.54, 1.807) is 0 Å². The number of pyridine rings is 1. The Bertz CT molecular complexity index is 438. The summed E-state index contributed by atoms with van der Waals surface area (Å²) in [5.74, 6) is 1.82. The van der Waals surface area contributed by atoms with Gasteiger partial charge in [0.2, 0.25) is 0 Å². The first-order valence-electron chi connectivity index (χ1n) is 6.32. The average Bonchev–Trinajstić information content (AvgIpc) is 2.33. The SMILES string of the molecule is CCCC1=C(CCC)c2c[n+](C)ccc2OO1. The topological polar surface area (TPSA) is 22.3 Å². The predicted molar refractivity (Wildman–Crippen MR) is 66.1 cm³/mol. The van der Waals surface area contributed by atoms with Crippen molar-refractivity contribution in [3.05, 3.63) is 29.8 Å². The molecular weight excluding hydrogens is 214 g/mol. The third-order valence-corrected chi connectivity index (χ3v) is 2.93. The standard InChI is InChI=1S/C14H20NO2/c1-4-6-11-12-10-15(3)9-8-14(12)17-16-13(11)7-5-2/h8-10H,4-7H2,1-3H3/q+1. The highest BCUT2D eigenvalue weighted by molar-refractivity contribution is 5.71. The summed E-state index contributed by atoms with van der Waals surface area (Å²) >= 11 is 0. The van der Waals surface area contributed by atoms with Gasteiger partial charge < -0.3 is 0 Å². The molecule has 1 aromatic heterocycles. The van der Waals surface area contributed by atoms with E-state index in [1.807, 2.05) is 23.9 Å². The van der Waals surface area contributed by atoms with Gasteiger partial charge in [-0.25, -0.2) is 4.57 Å². The van der Waals surface area contributed by atoms with E-state index < -0.39 is 0 Å². The zero-order chi connectivity index (χ0) is 12.3. The number of nitrogens with zero attached hydrogens (tertiary/aromatic N) is 1. The number of aryl methyl sites for hydroxylation is 1. The highest BCUT2D eigenvalue weighted by Crippen LogP contribution is 2.36. The molecule has 2 heterocycles. The Balaban J connectivity index is 2.45. The van der Waals surface area contributed by atoms with Crippen LogP contribution in [-0.2, 0) is 11.9 Å². The average molecular weight is 234 g/mol. The minimum absolute atomic E-state index is 0.825. The Morgan fingerprint density at radius 1 is 1.12 bits per heavy atom. The quantitative estimate of drug-likeness (QED) is 0.590. The molecule has 0 saturated heterocycles. The molecule has 3 nitrogen and oxygen atoms in total. The van der Waals surface area contributed by atoms with Crippen molar-refractivity contribution in [1.29, 1.82) is 0 Å². The molecule has 1 aliphatic rings. The summed E-state index contributed by atoms with van der Waals surface area (Å²) in [6.07, 6.45) is 8.24. The molecule has 1 aromatic rings. The summed E-state index contributed by atoms with van der Waals surface area (Å²) in [5.41, 5.74) is 2.47. The lowest BCUT2D eigenvalue weighted by atomic mass is 9.98. The molecule has 3 heteroatoms. The Labute approximate surface area is 103 Å². The molecule has 0 amide bonds. The van der Waals surface area contributed by atoms with E-state index in [2.05, 4.69) is 20.0 Å². The number of rotatable bonds is 4. The lowest BCUT2D eigenvalue weighted by Gasteiger charge is -2.20. The molecule has 0 saturated carbocycles. The summed E-state index contributed by atoms with van der Waals surface area (Å²) in [6.45, 7) is 4.34. The highest BCUT2D eigenvalue weighted by Gasteiger charge is 2.24. The Hall–Kier alpha value is -1.51. The molecule has 0 fully saturated rings. The molecule has 0 spiro atoms. The molecule has 17 heavy (non-hydrogen) atoms. The number of hydrogen-bond acceptors (Lipinski definition) is 2. The van der Waals surface area contributed by atoms with E-state index in [9.17, 15) is 0 Å². The molecule has 0 aromatic carbocycles. The van der Waals surface area contributed by atoms with Crippen molar-refractivity contribution in [3.63, 3.8) is 0 Å². The molecule has 0 atom stereocenters. The number of hydrogen-bond donors (Lipinski definition) is 0. The lowest BCUT2D eigenvalue weighted by molar-refractivity contribution is -0.671. The third kappa shape index (κ3) is 2.43. The van der Waals surface area contributed by atoms with Crippen LogP contribution in [0.1, 0.15) is 45.1 Å². The Morgan fingerprint density at radius 3 is 2.59 bits per heavy atom. The third-order valence-electron chi connectivity index (χ3n) is 2.93. The first kappa shape index (κ1) is 12.0. The van der Waals surface area contributed by atoms with Crippen LogP contribution in [0.3, 0.4) is 0 Å². The highest BCUT2D eigenvalue weighted by atomic mass is 17.2. The first-order valence-corrected chi connectivity index (χ1v) is 6.32. The maximum atomic E-state index is 5.42. The van der Waals surface area contributed by atoms with E-state index in [-0.39, 0.29) is 0 Å². The number of aromatic nitrogens is 1. The molecule has 0 radical (unpaired) electrons. The van der Waals surface area contributed by atoms with Gasteiger partial charge in [0.05, 0.1) is 11.6 Å². The fraction of sp³-hybridized carbons (Fsp3) is 0.500. The van der Waals surface area contributed by atoms with Crippen LogP contribution in [0.2, 0.25) is 0 Å². The van der Waals surface area contributed by atoms with Gasteiger partial charge in [-0.2, -0.15) is 0 Å². The van der Waals surface area contributed by atoms with Crippen LogP contribution in [0.4, 0.5) is 0 Å². The number of allylic oxidation sites excluding steroid dienone is 2. The predicted octanol–water partition coefficient (Wildman–Crippen LogP) is 3.15. The van der Waals surface area contributed by atoms with Crippen LogP contribution in [0.5, 0.6) is 5.75 Å². The Kier molecular flexibility index (Phi) is 3.67. The van der Waals surface area contributed by atoms with E-state index in [0.29, 0.717) is 0 Å². The van der Waals surface area contributed by atoms with Gasteiger partial charge in [-0.1, -0.05) is 20.3 Å². The van der Waals surface area contributed by atoms with E-state index in [1.165, 1.54) is 11.1 Å². The fourth-order valence-corrected chi connectivity index (χ4v) is 2.12. The van der Waals surface area contributed by atoms with Gasteiger partial charge in [-0.3, -0.25) is 9.78 Å². The molecule has 1 aliphatic heterocycles. The van der Waals surface area contributed by atoms with Crippen LogP contribution in [-0.4, -0.2) is 0 Å². The normalized spacial score (nSPS) is 14.1. The molecule has 92 valence electrons. The zero-order valence-electron chi connectivity index (χ0n) is 10.8. The second kappa shape index (κ2) is 5.21. The van der Waals surface area contributed by atoms with Crippen molar-refractivity contribution in [2.45, 2.75) is 39.5 Å². The van der Waals surface area contributed by atoms with E-state index in [4.69, 9.17) is 9.78 Å². The minimum atomic E-state index is 0.825. The summed E-state index contributed by atoms with van der Waals surface area (Å²) in [7, 11) is 2.03. The summed E-state index contributed by atoms with van der Waals surface area (Å²) in [4.78, 5) is 10.8. The smallest absolute Gasteiger partial charge is 0.198 e. The van der Waals surface area contributed by atoms with Crippen LogP contribution >= 0.6 is 0 Å². The number of fused-ring (bicyclic) bond motifs is 1. The maximum absolute atomic E-state index is 5.42. The summed E-state index contributed by atoms with van der Waals surface area (Å²) in [6, 6.07) is 1.95. The largest absolute Gasteiger partial charge is 0.294 e. The van der Waals surface area contributed by atoms with Gasteiger partial charge in [-0.05, 0) is 12.8 Å². The molecular formula is C14H20NO2+. The van der Waals surface area contributed by atoms with Crippen LogP contribution in [0.25, 0.3) is 5.57 Å². The molecule has 0 N–H and O–H groups in total. The van der Waals surface area contributed by atoms with Crippen molar-refractivity contribution in [2.75, 3.05) is 0 Å². The van der Waals surface area contributed by atoms with Gasteiger partial charge in [0, 0.05) is 12.0 Å². The second-order valence-electron chi connectivity index (χ2n) is 4.46. The van der Waals surface area contributed by atoms with Crippen LogP contribution < -0.4 is 9.45 Å². The van der Waals surface area contributed by atoms with Crippen LogP contribution in [0.15, 0.2) is 24.2 Å². The van der Waals surface area contributed by atoms with Crippen molar-refractivity contribution >= 4 is 5.57 Å². The van der Waals surface area contributed by atoms with Crippen molar-refractivity contribution in [1.82, 2.24) is 0 Å². The molecule has 2 rings (SSSR count). The van der Waals surface area contributed by atoms with Gasteiger partial charge in [-0.15, -0.1) is 0 Å². The fourth-order valence-electron chi connectivity index (χ4n) is 2.12. The van der Waals surface area contributed by atoms with Gasteiger partial charge in [0.15, 0.2) is 23.9 Å². The van der Waals surface area contributed by atoms with E-state index in [0.717, 1.165) is 37.2 Å². The van der Waals surface area contributed by atoms with Crippen molar-refractivity contribution in [3.8, 4) is 5.75 Å². The van der Waals surface area contributed by atoms with E-state index >= 15 is 0 Å². The molecule has 0 aliphatic carbocycles. The van der Waals surface area contributed by atoms with Crippen LogP contribution in [0, 0.1) is 0 Å². The maximum Gasteiger partial charge on any atom is 0.198 e. The lowest BCUT2D eigenvalue weighted by Crippen LogP contribution is -2.28. The minimum Gasteiger partial charge on any atom is -0.294 e. The Morgan fingerprint density at radius 2 is 1.88 bits per heavy atom.